The molecule has 0 aromatic rings. The molecule has 0 saturated heterocycles. The van der Waals surface area contributed by atoms with E-state index >= 15 is 0 Å². The van der Waals surface area contributed by atoms with Gasteiger partial charge in [-0.15, -0.1) is 0 Å². The fourth-order valence-electron chi connectivity index (χ4n) is 2.86. The number of nitrogens with zero attached hydrogens (tertiary/aromatic N) is 1. The van der Waals surface area contributed by atoms with Crippen LogP contribution in [0.1, 0.15) is 51.4 Å². The largest absolute Gasteiger partial charge is 0.297 e. The minimum absolute atomic E-state index is 0.944. The number of hydrogen-bond donors (Lipinski definition) is 0. The molecule has 2 heteroatoms. The molecule has 0 unspecified atom stereocenters. The lowest BCUT2D eigenvalue weighted by Gasteiger charge is -2.41. The molecule has 14 heavy (non-hydrogen) atoms. The van der Waals surface area contributed by atoms with Crippen LogP contribution in [0.15, 0.2) is 0 Å². The predicted octanol–water partition coefficient (Wildman–Crippen LogP) is 3.57. The van der Waals surface area contributed by atoms with Crippen molar-refractivity contribution in [2.24, 2.45) is 0 Å². The minimum Gasteiger partial charge on any atom is -0.297 e. The van der Waals surface area contributed by atoms with Crippen molar-refractivity contribution >= 4 is 15.9 Å². The summed E-state index contributed by atoms with van der Waals surface area (Å²) in [6.07, 6.45) is 11.6. The van der Waals surface area contributed by atoms with Crippen LogP contribution in [0, 0.1) is 0 Å². The van der Waals surface area contributed by atoms with Crippen molar-refractivity contribution < 1.29 is 0 Å². The van der Waals surface area contributed by atoms with Gasteiger partial charge in [0.05, 0.1) is 0 Å². The van der Waals surface area contributed by atoms with Gasteiger partial charge >= 0.3 is 0 Å². The Kier molecular flexibility index (Phi) is 4.30. The summed E-state index contributed by atoms with van der Waals surface area (Å²) < 4.78 is 0. The van der Waals surface area contributed by atoms with Gasteiger partial charge in [-0.2, -0.15) is 0 Å². The van der Waals surface area contributed by atoms with E-state index in [2.05, 4.69) is 20.8 Å². The monoisotopic (exact) mass is 259 g/mol. The molecule has 0 amide bonds. The molecule has 0 atom stereocenters. The van der Waals surface area contributed by atoms with Crippen molar-refractivity contribution in [2.75, 3.05) is 11.9 Å². The standard InChI is InChI=1S/C12H22BrN/c13-9-4-10-14(12-7-3-8-12)11-5-1-2-6-11/h11-12H,1-10H2. The van der Waals surface area contributed by atoms with E-state index in [9.17, 15) is 0 Å². The van der Waals surface area contributed by atoms with E-state index in [4.69, 9.17) is 0 Å². The molecule has 2 saturated carbocycles. The first-order valence-corrected chi connectivity index (χ1v) is 7.35. The van der Waals surface area contributed by atoms with Crippen molar-refractivity contribution in [3.05, 3.63) is 0 Å². The van der Waals surface area contributed by atoms with Crippen LogP contribution in [0.3, 0.4) is 0 Å². The Morgan fingerprint density at radius 2 is 1.50 bits per heavy atom. The normalized spacial score (nSPS) is 24.4. The maximum absolute atomic E-state index is 3.55. The highest BCUT2D eigenvalue weighted by Gasteiger charge is 2.31. The van der Waals surface area contributed by atoms with Crippen LogP contribution in [-0.2, 0) is 0 Å². The van der Waals surface area contributed by atoms with E-state index in [1.165, 1.54) is 63.2 Å². The molecule has 0 heterocycles. The fourth-order valence-corrected chi connectivity index (χ4v) is 3.11. The van der Waals surface area contributed by atoms with Gasteiger partial charge in [-0.3, -0.25) is 4.90 Å². The smallest absolute Gasteiger partial charge is 0.00982 e. The molecule has 2 rings (SSSR count). The molecular formula is C12H22BrN. The Labute approximate surface area is 96.4 Å². The highest BCUT2D eigenvalue weighted by atomic mass is 79.9. The quantitative estimate of drug-likeness (QED) is 0.683. The van der Waals surface area contributed by atoms with Gasteiger partial charge in [0.1, 0.15) is 0 Å². The molecular weight excluding hydrogens is 238 g/mol. The van der Waals surface area contributed by atoms with Crippen molar-refractivity contribution in [1.29, 1.82) is 0 Å². The molecule has 0 aliphatic heterocycles. The third-order valence-corrected chi connectivity index (χ3v) is 4.45. The average Bonchev–Trinajstić information content (AvgIpc) is 2.61. The first-order valence-electron chi connectivity index (χ1n) is 6.23. The Morgan fingerprint density at radius 1 is 0.929 bits per heavy atom. The molecule has 0 aromatic carbocycles. The van der Waals surface area contributed by atoms with Gasteiger partial charge in [-0.25, -0.2) is 0 Å². The molecule has 0 N–H and O–H groups in total. The topological polar surface area (TPSA) is 3.24 Å². The lowest BCUT2D eigenvalue weighted by molar-refractivity contribution is 0.0819. The number of rotatable bonds is 5. The summed E-state index contributed by atoms with van der Waals surface area (Å²) >= 11 is 3.55. The Hall–Kier alpha value is 0.440. The van der Waals surface area contributed by atoms with Crippen molar-refractivity contribution in [3.8, 4) is 0 Å². The van der Waals surface area contributed by atoms with Gasteiger partial charge < -0.3 is 0 Å². The van der Waals surface area contributed by atoms with E-state index < -0.39 is 0 Å². The van der Waals surface area contributed by atoms with Crippen LogP contribution in [0.25, 0.3) is 0 Å². The van der Waals surface area contributed by atoms with E-state index in [1.807, 2.05) is 0 Å². The van der Waals surface area contributed by atoms with Gasteiger partial charge in [0, 0.05) is 17.4 Å². The van der Waals surface area contributed by atoms with Crippen LogP contribution in [0.4, 0.5) is 0 Å². The minimum atomic E-state index is 0.944. The fraction of sp³-hybridized carbons (Fsp3) is 1.00. The van der Waals surface area contributed by atoms with Crippen LogP contribution in [-0.4, -0.2) is 28.9 Å². The van der Waals surface area contributed by atoms with Crippen LogP contribution < -0.4 is 0 Å². The van der Waals surface area contributed by atoms with E-state index in [1.54, 1.807) is 0 Å². The second-order valence-electron chi connectivity index (χ2n) is 4.80. The summed E-state index contributed by atoms with van der Waals surface area (Å²) in [6, 6.07) is 1.90. The zero-order chi connectivity index (χ0) is 9.80. The second kappa shape index (κ2) is 5.50. The van der Waals surface area contributed by atoms with Crippen molar-refractivity contribution in [1.82, 2.24) is 4.90 Å². The van der Waals surface area contributed by atoms with E-state index in [0.29, 0.717) is 0 Å². The molecule has 2 aliphatic rings. The molecule has 2 fully saturated rings. The maximum Gasteiger partial charge on any atom is 0.00982 e. The van der Waals surface area contributed by atoms with Crippen molar-refractivity contribution in [2.45, 2.75) is 63.5 Å². The third-order valence-electron chi connectivity index (χ3n) is 3.89. The van der Waals surface area contributed by atoms with Crippen LogP contribution in [0.2, 0.25) is 0 Å². The van der Waals surface area contributed by atoms with Gasteiger partial charge in [0.25, 0.3) is 0 Å². The Balaban J connectivity index is 1.83. The van der Waals surface area contributed by atoms with Gasteiger partial charge in [-0.1, -0.05) is 35.2 Å². The first-order chi connectivity index (χ1) is 6.92. The molecule has 1 nitrogen and oxygen atoms in total. The summed E-state index contributed by atoms with van der Waals surface area (Å²) in [5.74, 6) is 0. The Morgan fingerprint density at radius 3 is 1.93 bits per heavy atom. The molecule has 82 valence electrons. The third kappa shape index (κ3) is 2.52. The molecule has 0 bridgehead atoms. The zero-order valence-electron chi connectivity index (χ0n) is 9.05. The highest BCUT2D eigenvalue weighted by Crippen LogP contribution is 2.32. The van der Waals surface area contributed by atoms with Gasteiger partial charge in [-0.05, 0) is 38.6 Å². The molecule has 0 spiro atoms. The predicted molar refractivity (Wildman–Crippen MR) is 65.0 cm³/mol. The maximum atomic E-state index is 3.55. The summed E-state index contributed by atoms with van der Waals surface area (Å²) in [7, 11) is 0. The number of halogens is 1. The van der Waals surface area contributed by atoms with E-state index in [0.717, 1.165) is 12.1 Å². The van der Waals surface area contributed by atoms with Crippen molar-refractivity contribution in [3.63, 3.8) is 0 Å². The summed E-state index contributed by atoms with van der Waals surface area (Å²) in [6.45, 7) is 1.33. The number of hydrogen-bond acceptors (Lipinski definition) is 1. The zero-order valence-corrected chi connectivity index (χ0v) is 10.6. The van der Waals surface area contributed by atoms with Crippen LogP contribution >= 0.6 is 15.9 Å². The molecule has 2 aliphatic carbocycles. The average molecular weight is 260 g/mol. The molecule has 0 radical (unpaired) electrons. The number of alkyl halides is 1. The lowest BCUT2D eigenvalue weighted by Crippen LogP contribution is -2.46. The Bertz CT molecular complexity index is 162. The van der Waals surface area contributed by atoms with Gasteiger partial charge in [0.2, 0.25) is 0 Å². The second-order valence-corrected chi connectivity index (χ2v) is 5.60. The van der Waals surface area contributed by atoms with Crippen LogP contribution in [0.5, 0.6) is 0 Å². The van der Waals surface area contributed by atoms with Gasteiger partial charge in [0.15, 0.2) is 0 Å². The lowest BCUT2D eigenvalue weighted by atomic mass is 9.90. The molecule has 0 aromatic heterocycles. The summed E-state index contributed by atoms with van der Waals surface area (Å²) in [4.78, 5) is 2.83. The highest BCUT2D eigenvalue weighted by molar-refractivity contribution is 9.09. The first kappa shape index (κ1) is 10.9. The summed E-state index contributed by atoms with van der Waals surface area (Å²) in [5, 5.41) is 1.17. The van der Waals surface area contributed by atoms with E-state index in [-0.39, 0.29) is 0 Å². The summed E-state index contributed by atoms with van der Waals surface area (Å²) in [5.41, 5.74) is 0. The SMILES string of the molecule is BrCCCN(C1CCCC1)C1CCC1.